The summed E-state index contributed by atoms with van der Waals surface area (Å²) in [5.74, 6) is 0. The molecule has 0 bridgehead atoms. The van der Waals surface area contributed by atoms with E-state index in [1.807, 2.05) is 6.92 Å². The van der Waals surface area contributed by atoms with Crippen molar-refractivity contribution in [2.24, 2.45) is 16.9 Å². The fourth-order valence-electron chi connectivity index (χ4n) is 1.14. The van der Waals surface area contributed by atoms with Crippen LogP contribution in [0.25, 0.3) is 0 Å². The van der Waals surface area contributed by atoms with Crippen LogP contribution in [0.1, 0.15) is 33.1 Å². The molecule has 0 rings (SSSR count). The Morgan fingerprint density at radius 1 is 1.00 bits per heavy atom. The summed E-state index contributed by atoms with van der Waals surface area (Å²) in [4.78, 5) is 17.6. The highest BCUT2D eigenvalue weighted by molar-refractivity contribution is 5.61. The summed E-state index contributed by atoms with van der Waals surface area (Å²) in [5, 5.41) is 32.3. The summed E-state index contributed by atoms with van der Waals surface area (Å²) >= 11 is 0. The van der Waals surface area contributed by atoms with E-state index >= 15 is 0 Å². The first kappa shape index (κ1) is 21.7. The molecule has 0 saturated heterocycles. The fraction of sp³-hybridized carbons (Fsp3) is 0.800. The van der Waals surface area contributed by atoms with Crippen molar-refractivity contribution in [3.63, 3.8) is 0 Å². The first-order chi connectivity index (χ1) is 8.21. The van der Waals surface area contributed by atoms with Gasteiger partial charge in [0.25, 0.3) is 0 Å². The number of carbonyl (C=O) groups is 2. The van der Waals surface area contributed by atoms with Crippen molar-refractivity contribution < 1.29 is 30.0 Å². The van der Waals surface area contributed by atoms with Gasteiger partial charge in [0.1, 0.15) is 0 Å². The highest BCUT2D eigenvalue weighted by Crippen LogP contribution is 2.26. The molecule has 0 saturated carbocycles. The van der Waals surface area contributed by atoms with Crippen LogP contribution < -0.4 is 11.5 Å². The number of nitrogens with two attached hydrogens (primary N) is 2. The van der Waals surface area contributed by atoms with Crippen molar-refractivity contribution in [2.45, 2.75) is 33.1 Å². The maximum atomic E-state index is 8.95. The molecule has 0 aliphatic rings. The molecule has 0 atom stereocenters. The smallest absolute Gasteiger partial charge is 0.402 e. The van der Waals surface area contributed by atoms with Crippen molar-refractivity contribution >= 4 is 12.2 Å². The van der Waals surface area contributed by atoms with E-state index in [0.717, 1.165) is 19.3 Å². The summed E-state index contributed by atoms with van der Waals surface area (Å²) in [7, 11) is 0. The van der Waals surface area contributed by atoms with Gasteiger partial charge in [0.2, 0.25) is 0 Å². The average molecular weight is 268 g/mol. The zero-order valence-corrected chi connectivity index (χ0v) is 10.8. The van der Waals surface area contributed by atoms with Crippen LogP contribution in [0.15, 0.2) is 0 Å². The second-order valence-corrected chi connectivity index (χ2v) is 3.60. The number of aliphatic hydroxyl groups excluding tert-OH is 2. The third-order valence-corrected chi connectivity index (χ3v) is 2.20. The number of aliphatic hydroxyl groups is 2. The first-order valence-corrected chi connectivity index (χ1v) is 5.39. The van der Waals surface area contributed by atoms with E-state index in [-0.39, 0.29) is 18.6 Å². The van der Waals surface area contributed by atoms with E-state index in [1.165, 1.54) is 0 Å². The Kier molecular flexibility index (Phi) is 16.3. The van der Waals surface area contributed by atoms with Gasteiger partial charge in [-0.25, -0.2) is 9.59 Å². The summed E-state index contributed by atoms with van der Waals surface area (Å²) < 4.78 is 0. The molecule has 0 aliphatic carbocycles. The van der Waals surface area contributed by atoms with Crippen molar-refractivity contribution in [3.05, 3.63) is 0 Å². The summed E-state index contributed by atoms with van der Waals surface area (Å²) in [5.41, 5.74) is 7.84. The minimum atomic E-state index is -1.33. The molecule has 18 heavy (non-hydrogen) atoms. The van der Waals surface area contributed by atoms with E-state index in [4.69, 9.17) is 30.0 Å². The number of amides is 2. The molecule has 110 valence electrons. The van der Waals surface area contributed by atoms with Crippen LogP contribution >= 0.6 is 0 Å². The van der Waals surface area contributed by atoms with Crippen LogP contribution in [0.2, 0.25) is 0 Å². The second kappa shape index (κ2) is 13.5. The van der Waals surface area contributed by atoms with E-state index < -0.39 is 12.2 Å². The molecule has 8 N–H and O–H groups in total. The zero-order valence-electron chi connectivity index (χ0n) is 10.8. The molecule has 0 aliphatic heterocycles. The molecule has 0 heterocycles. The largest absolute Gasteiger partial charge is 0.465 e. The second-order valence-electron chi connectivity index (χ2n) is 3.60. The number of hydrogen-bond donors (Lipinski definition) is 6. The number of carboxylic acid groups (broad SMARTS) is 2. The lowest BCUT2D eigenvalue weighted by Crippen LogP contribution is -2.28. The third-order valence-electron chi connectivity index (χ3n) is 2.20. The quantitative estimate of drug-likeness (QED) is 0.422. The normalized spacial score (nSPS) is 9.33. The Labute approximate surface area is 106 Å². The summed E-state index contributed by atoms with van der Waals surface area (Å²) in [6.45, 7) is 4.28. The molecule has 0 aromatic rings. The van der Waals surface area contributed by atoms with Gasteiger partial charge in [-0.15, -0.1) is 0 Å². The SMILES string of the molecule is CCCC(CC)(CO)CO.NC(=O)O.NC(=O)O. The van der Waals surface area contributed by atoms with Gasteiger partial charge in [-0.05, 0) is 12.8 Å². The molecule has 0 unspecified atom stereocenters. The molecule has 0 fully saturated rings. The topological polar surface area (TPSA) is 167 Å². The maximum absolute atomic E-state index is 8.95. The molecule has 8 heteroatoms. The standard InChI is InChI=1S/C8H18O2.2CH3NO2/c1-3-5-8(4-2,6-9)7-10;2*2-1(3)4/h9-10H,3-7H2,1-2H3;2*2H2,(H,3,4). The van der Waals surface area contributed by atoms with Gasteiger partial charge < -0.3 is 31.9 Å². The number of primary amides is 2. The third kappa shape index (κ3) is 19.9. The van der Waals surface area contributed by atoms with E-state index in [2.05, 4.69) is 18.4 Å². The van der Waals surface area contributed by atoms with Crippen molar-refractivity contribution in [3.8, 4) is 0 Å². The van der Waals surface area contributed by atoms with Crippen LogP contribution in [0.3, 0.4) is 0 Å². The zero-order chi connectivity index (χ0) is 15.2. The first-order valence-electron chi connectivity index (χ1n) is 5.39. The maximum Gasteiger partial charge on any atom is 0.402 e. The average Bonchev–Trinajstić information content (AvgIpc) is 2.25. The summed E-state index contributed by atoms with van der Waals surface area (Å²) in [6.07, 6.45) is 0.124. The van der Waals surface area contributed by atoms with Crippen molar-refractivity contribution in [1.82, 2.24) is 0 Å². The Hall–Kier alpha value is -1.54. The Bertz CT molecular complexity index is 190. The van der Waals surface area contributed by atoms with Crippen molar-refractivity contribution in [1.29, 1.82) is 0 Å². The number of rotatable bonds is 5. The van der Waals surface area contributed by atoms with E-state index in [1.54, 1.807) is 0 Å². The lowest BCUT2D eigenvalue weighted by molar-refractivity contribution is 0.0432. The molecule has 2 amide bonds. The van der Waals surface area contributed by atoms with Gasteiger partial charge in [-0.2, -0.15) is 0 Å². The van der Waals surface area contributed by atoms with Gasteiger partial charge in [-0.3, -0.25) is 0 Å². The molecule has 0 radical (unpaired) electrons. The van der Waals surface area contributed by atoms with E-state index in [9.17, 15) is 0 Å². The minimum Gasteiger partial charge on any atom is -0.465 e. The Morgan fingerprint density at radius 2 is 1.28 bits per heavy atom. The van der Waals surface area contributed by atoms with Crippen molar-refractivity contribution in [2.75, 3.05) is 13.2 Å². The molecule has 0 aromatic heterocycles. The predicted octanol–water partition coefficient (Wildman–Crippen LogP) is 0.414. The molecule has 8 nitrogen and oxygen atoms in total. The van der Waals surface area contributed by atoms with E-state index in [0.29, 0.717) is 0 Å². The molecular formula is C10H24N2O6. The molecule has 0 aromatic carbocycles. The highest BCUT2D eigenvalue weighted by Gasteiger charge is 2.24. The fourth-order valence-corrected chi connectivity index (χ4v) is 1.14. The number of hydrogen-bond acceptors (Lipinski definition) is 4. The molecule has 0 spiro atoms. The predicted molar refractivity (Wildman–Crippen MR) is 66.2 cm³/mol. The van der Waals surface area contributed by atoms with Gasteiger partial charge in [0.05, 0.1) is 13.2 Å². The van der Waals surface area contributed by atoms with Crippen LogP contribution in [0.4, 0.5) is 9.59 Å². The molecular weight excluding hydrogens is 244 g/mol. The van der Waals surface area contributed by atoms with Crippen LogP contribution in [0.5, 0.6) is 0 Å². The van der Waals surface area contributed by atoms with Gasteiger partial charge in [-0.1, -0.05) is 20.3 Å². The van der Waals surface area contributed by atoms with Gasteiger partial charge in [0, 0.05) is 5.41 Å². The van der Waals surface area contributed by atoms with Crippen LogP contribution in [-0.4, -0.2) is 45.8 Å². The Balaban J connectivity index is -0.000000233. The lowest BCUT2D eigenvalue weighted by Gasteiger charge is -2.27. The lowest BCUT2D eigenvalue weighted by atomic mass is 9.83. The van der Waals surface area contributed by atoms with Gasteiger partial charge >= 0.3 is 12.2 Å². The highest BCUT2D eigenvalue weighted by atomic mass is 16.4. The summed E-state index contributed by atoms with van der Waals surface area (Å²) in [6, 6.07) is 0. The Morgan fingerprint density at radius 3 is 1.33 bits per heavy atom. The van der Waals surface area contributed by atoms with Crippen LogP contribution in [-0.2, 0) is 0 Å². The van der Waals surface area contributed by atoms with Gasteiger partial charge in [0.15, 0.2) is 0 Å². The van der Waals surface area contributed by atoms with Crippen LogP contribution in [0, 0.1) is 5.41 Å². The monoisotopic (exact) mass is 268 g/mol. The minimum absolute atomic E-state index is 0.105.